The molecule has 0 saturated carbocycles. The van der Waals surface area contributed by atoms with Crippen LogP contribution in [0.4, 0.5) is 5.69 Å². The highest BCUT2D eigenvalue weighted by atomic mass is 16.2. The van der Waals surface area contributed by atoms with Crippen LogP contribution < -0.4 is 11.1 Å². The number of nitrogen functional groups attached to an aromatic ring is 1. The SMILES string of the molecule is N#Cc1c(-c2ccccc2)cc2c(c1N)C(=O)NC2=O. The number of hydrogen-bond acceptors (Lipinski definition) is 4. The molecule has 0 spiro atoms. The van der Waals surface area contributed by atoms with Crippen molar-refractivity contribution in [1.82, 2.24) is 5.32 Å². The molecule has 0 radical (unpaired) electrons. The van der Waals surface area contributed by atoms with Crippen LogP contribution in [0.5, 0.6) is 0 Å². The number of carbonyl (C=O) groups excluding carboxylic acids is 2. The maximum absolute atomic E-state index is 11.7. The maximum Gasteiger partial charge on any atom is 0.261 e. The Kier molecular flexibility index (Phi) is 2.51. The van der Waals surface area contributed by atoms with Gasteiger partial charge in [0.05, 0.1) is 22.4 Å². The first-order valence-corrected chi connectivity index (χ1v) is 5.91. The summed E-state index contributed by atoms with van der Waals surface area (Å²) in [6.07, 6.45) is 0. The fourth-order valence-electron chi connectivity index (χ4n) is 2.33. The van der Waals surface area contributed by atoms with Gasteiger partial charge in [-0.05, 0) is 11.6 Å². The van der Waals surface area contributed by atoms with Gasteiger partial charge in [-0.15, -0.1) is 0 Å². The first kappa shape index (κ1) is 11.9. The van der Waals surface area contributed by atoms with Crippen molar-refractivity contribution in [2.24, 2.45) is 0 Å². The summed E-state index contributed by atoms with van der Waals surface area (Å²) in [7, 11) is 0. The Morgan fingerprint density at radius 2 is 1.75 bits per heavy atom. The van der Waals surface area contributed by atoms with Crippen LogP contribution in [0.25, 0.3) is 11.1 Å². The molecule has 0 saturated heterocycles. The number of nitrogens with zero attached hydrogens (tertiary/aromatic N) is 1. The lowest BCUT2D eigenvalue weighted by atomic mass is 9.93. The van der Waals surface area contributed by atoms with Gasteiger partial charge in [0.1, 0.15) is 6.07 Å². The number of fused-ring (bicyclic) bond motifs is 1. The highest BCUT2D eigenvalue weighted by Gasteiger charge is 2.32. The molecule has 96 valence electrons. The summed E-state index contributed by atoms with van der Waals surface area (Å²) in [5.74, 6) is -1.04. The van der Waals surface area contributed by atoms with Crippen LogP contribution in [0.15, 0.2) is 36.4 Å². The second-order valence-electron chi connectivity index (χ2n) is 4.40. The first-order chi connectivity index (χ1) is 9.63. The molecule has 0 fully saturated rings. The number of rotatable bonds is 1. The second kappa shape index (κ2) is 4.21. The van der Waals surface area contributed by atoms with E-state index < -0.39 is 11.8 Å². The minimum absolute atomic E-state index is 0.0483. The van der Waals surface area contributed by atoms with Gasteiger partial charge >= 0.3 is 0 Å². The molecule has 2 aromatic carbocycles. The number of amides is 2. The molecule has 0 bridgehead atoms. The second-order valence-corrected chi connectivity index (χ2v) is 4.40. The van der Waals surface area contributed by atoms with Crippen LogP contribution in [0, 0.1) is 11.3 Å². The quantitative estimate of drug-likeness (QED) is 0.604. The summed E-state index contributed by atoms with van der Waals surface area (Å²) in [5.41, 5.74) is 7.78. The Bertz CT molecular complexity index is 789. The van der Waals surface area contributed by atoms with Crippen molar-refractivity contribution in [3.63, 3.8) is 0 Å². The number of nitrogens with two attached hydrogens (primary N) is 1. The lowest BCUT2D eigenvalue weighted by molar-refractivity contribution is 0.0880. The molecule has 1 aliphatic rings. The zero-order chi connectivity index (χ0) is 14.3. The highest BCUT2D eigenvalue weighted by molar-refractivity contribution is 6.24. The van der Waals surface area contributed by atoms with E-state index >= 15 is 0 Å². The number of anilines is 1. The number of carbonyl (C=O) groups is 2. The molecule has 0 atom stereocenters. The molecule has 0 unspecified atom stereocenters. The van der Waals surface area contributed by atoms with Crippen LogP contribution in [-0.2, 0) is 0 Å². The van der Waals surface area contributed by atoms with Gasteiger partial charge < -0.3 is 5.73 Å². The molecular weight excluding hydrogens is 254 g/mol. The van der Waals surface area contributed by atoms with Crippen molar-refractivity contribution in [3.05, 3.63) is 53.1 Å². The fourth-order valence-corrected chi connectivity index (χ4v) is 2.33. The first-order valence-electron chi connectivity index (χ1n) is 5.91. The molecule has 2 aromatic rings. The molecule has 0 aliphatic carbocycles. The topological polar surface area (TPSA) is 96.0 Å². The average Bonchev–Trinajstić information content (AvgIpc) is 2.74. The van der Waals surface area contributed by atoms with Gasteiger partial charge in [-0.3, -0.25) is 14.9 Å². The molecular formula is C15H9N3O2. The summed E-state index contributed by atoms with van der Waals surface area (Å²) in [6, 6.07) is 12.7. The van der Waals surface area contributed by atoms with E-state index in [1.807, 2.05) is 36.4 Å². The molecule has 0 aromatic heterocycles. The predicted molar refractivity (Wildman–Crippen MR) is 72.8 cm³/mol. The third-order valence-electron chi connectivity index (χ3n) is 3.26. The number of nitriles is 1. The molecule has 3 N–H and O–H groups in total. The van der Waals surface area contributed by atoms with E-state index in [0.29, 0.717) is 5.56 Å². The van der Waals surface area contributed by atoms with Crippen LogP contribution in [-0.4, -0.2) is 11.8 Å². The Morgan fingerprint density at radius 1 is 1.05 bits per heavy atom. The molecule has 1 aliphatic heterocycles. The van der Waals surface area contributed by atoms with Crippen molar-refractivity contribution in [1.29, 1.82) is 5.26 Å². The number of imide groups is 1. The van der Waals surface area contributed by atoms with Crippen LogP contribution in [0.1, 0.15) is 26.3 Å². The van der Waals surface area contributed by atoms with E-state index in [1.165, 1.54) is 0 Å². The largest absolute Gasteiger partial charge is 0.397 e. The van der Waals surface area contributed by atoms with E-state index in [2.05, 4.69) is 5.32 Å². The highest BCUT2D eigenvalue weighted by Crippen LogP contribution is 2.34. The van der Waals surface area contributed by atoms with E-state index in [-0.39, 0.29) is 22.4 Å². The van der Waals surface area contributed by atoms with Crippen molar-refractivity contribution in [2.45, 2.75) is 0 Å². The zero-order valence-electron chi connectivity index (χ0n) is 10.3. The normalized spacial score (nSPS) is 12.8. The van der Waals surface area contributed by atoms with E-state index in [9.17, 15) is 14.9 Å². The van der Waals surface area contributed by atoms with Crippen molar-refractivity contribution in [3.8, 4) is 17.2 Å². The predicted octanol–water partition coefficient (Wildman–Crippen LogP) is 1.69. The van der Waals surface area contributed by atoms with Gasteiger partial charge in [-0.1, -0.05) is 30.3 Å². The summed E-state index contributed by atoms with van der Waals surface area (Å²) in [4.78, 5) is 23.4. The molecule has 1 heterocycles. The standard InChI is InChI=1S/C15H9N3O2/c16-7-11-9(8-4-2-1-3-5-8)6-10-12(13(11)17)15(20)18-14(10)19/h1-6H,17H2,(H,18,19,20). The number of benzene rings is 2. The van der Waals surface area contributed by atoms with Crippen molar-refractivity contribution < 1.29 is 9.59 Å². The van der Waals surface area contributed by atoms with Crippen molar-refractivity contribution in [2.75, 3.05) is 5.73 Å². The van der Waals surface area contributed by atoms with Gasteiger partial charge in [0, 0.05) is 5.56 Å². The van der Waals surface area contributed by atoms with Gasteiger partial charge in [0.2, 0.25) is 0 Å². The molecule has 2 amide bonds. The Morgan fingerprint density at radius 3 is 2.40 bits per heavy atom. The minimum Gasteiger partial charge on any atom is -0.397 e. The van der Waals surface area contributed by atoms with Gasteiger partial charge in [-0.2, -0.15) is 5.26 Å². The van der Waals surface area contributed by atoms with E-state index in [0.717, 1.165) is 5.56 Å². The summed E-state index contributed by atoms with van der Waals surface area (Å²) >= 11 is 0. The molecule has 3 rings (SSSR count). The average molecular weight is 263 g/mol. The lowest BCUT2D eigenvalue weighted by Gasteiger charge is -2.10. The fraction of sp³-hybridized carbons (Fsp3) is 0. The lowest BCUT2D eigenvalue weighted by Crippen LogP contribution is -2.20. The summed E-state index contributed by atoms with van der Waals surface area (Å²) in [6.45, 7) is 0. The van der Waals surface area contributed by atoms with E-state index in [1.54, 1.807) is 6.07 Å². The number of nitrogens with one attached hydrogen (secondary N) is 1. The van der Waals surface area contributed by atoms with Gasteiger partial charge in [0.15, 0.2) is 0 Å². The molecule has 20 heavy (non-hydrogen) atoms. The smallest absolute Gasteiger partial charge is 0.261 e. The maximum atomic E-state index is 11.7. The Balaban J connectivity index is 2.36. The Hall–Kier alpha value is -3.13. The van der Waals surface area contributed by atoms with Gasteiger partial charge in [0.25, 0.3) is 11.8 Å². The van der Waals surface area contributed by atoms with Crippen LogP contribution >= 0.6 is 0 Å². The van der Waals surface area contributed by atoms with Crippen molar-refractivity contribution >= 4 is 17.5 Å². The number of hydrogen-bond donors (Lipinski definition) is 2. The van der Waals surface area contributed by atoms with Crippen LogP contribution in [0.3, 0.4) is 0 Å². The van der Waals surface area contributed by atoms with Crippen LogP contribution in [0.2, 0.25) is 0 Å². The summed E-state index contributed by atoms with van der Waals surface area (Å²) < 4.78 is 0. The third-order valence-corrected chi connectivity index (χ3v) is 3.26. The van der Waals surface area contributed by atoms with Gasteiger partial charge in [-0.25, -0.2) is 0 Å². The summed E-state index contributed by atoms with van der Waals surface area (Å²) in [5, 5.41) is 11.5. The minimum atomic E-state index is -0.557. The molecule has 5 heteroatoms. The van der Waals surface area contributed by atoms with E-state index in [4.69, 9.17) is 5.73 Å². The monoisotopic (exact) mass is 263 g/mol. The molecule has 5 nitrogen and oxygen atoms in total. The zero-order valence-corrected chi connectivity index (χ0v) is 10.3. The third kappa shape index (κ3) is 1.56. The Labute approximate surface area is 114 Å².